The van der Waals surface area contributed by atoms with E-state index in [-0.39, 0.29) is 17.5 Å². The van der Waals surface area contributed by atoms with E-state index in [1.807, 2.05) is 0 Å². The van der Waals surface area contributed by atoms with Crippen molar-refractivity contribution in [2.24, 2.45) is 0 Å². The summed E-state index contributed by atoms with van der Waals surface area (Å²) < 4.78 is 4.53. The fraction of sp³-hybridized carbons (Fsp3) is 0.455. The number of anilines is 2. The van der Waals surface area contributed by atoms with Crippen LogP contribution < -0.4 is 10.6 Å². The molecule has 0 saturated carbocycles. The highest BCUT2D eigenvalue weighted by Crippen LogP contribution is 2.22. The quantitative estimate of drug-likeness (QED) is 0.464. The van der Waals surface area contributed by atoms with Gasteiger partial charge in [0.2, 0.25) is 5.82 Å². The number of nitrogens with zero attached hydrogens (tertiary/aromatic N) is 3. The molecule has 1 aromatic rings. The second-order valence-electron chi connectivity index (χ2n) is 3.93. The number of nitrogens with two attached hydrogens (primary N) is 1. The standard InChI is InChI=1S/C11H16N4O4/c1-14(7-3-4-10(16)19-2)9-6-5-8(15(17)18)11(12)13-9/h5-6H,3-4,7H2,1-2H3,(H2,12,13). The monoisotopic (exact) mass is 268 g/mol. The lowest BCUT2D eigenvalue weighted by Gasteiger charge is -2.17. The van der Waals surface area contributed by atoms with Gasteiger partial charge in [-0.3, -0.25) is 14.9 Å². The number of methoxy groups -OCH3 is 1. The van der Waals surface area contributed by atoms with Gasteiger partial charge in [-0.2, -0.15) is 0 Å². The van der Waals surface area contributed by atoms with Crippen LogP contribution in [0, 0.1) is 10.1 Å². The third kappa shape index (κ3) is 4.09. The second-order valence-corrected chi connectivity index (χ2v) is 3.93. The van der Waals surface area contributed by atoms with Gasteiger partial charge in [0.05, 0.1) is 12.0 Å². The minimum Gasteiger partial charge on any atom is -0.469 e. The molecule has 0 radical (unpaired) electrons. The van der Waals surface area contributed by atoms with E-state index in [9.17, 15) is 14.9 Å². The number of carbonyl (C=O) groups excluding carboxylic acids is 1. The fourth-order valence-electron chi connectivity index (χ4n) is 1.50. The average molecular weight is 268 g/mol. The van der Waals surface area contributed by atoms with Crippen LogP contribution in [0.5, 0.6) is 0 Å². The van der Waals surface area contributed by atoms with Crippen LogP contribution in [0.15, 0.2) is 12.1 Å². The Kier molecular flexibility index (Phi) is 5.04. The zero-order valence-electron chi connectivity index (χ0n) is 10.8. The molecule has 0 spiro atoms. The highest BCUT2D eigenvalue weighted by Gasteiger charge is 2.14. The van der Waals surface area contributed by atoms with E-state index in [2.05, 4.69) is 9.72 Å². The molecular formula is C11H16N4O4. The lowest BCUT2D eigenvalue weighted by atomic mass is 10.3. The maximum atomic E-state index is 11.0. The maximum Gasteiger partial charge on any atom is 0.311 e. The molecule has 0 bridgehead atoms. The Labute approximate surface area is 110 Å². The molecule has 0 aliphatic heterocycles. The zero-order chi connectivity index (χ0) is 14.4. The summed E-state index contributed by atoms with van der Waals surface area (Å²) in [5.74, 6) is 0.125. The van der Waals surface area contributed by atoms with Gasteiger partial charge in [0.25, 0.3) is 0 Å². The molecule has 0 unspecified atom stereocenters. The molecule has 0 fully saturated rings. The van der Waals surface area contributed by atoms with Crippen molar-refractivity contribution >= 4 is 23.3 Å². The maximum absolute atomic E-state index is 11.0. The normalized spacial score (nSPS) is 10.0. The number of hydrogen-bond donors (Lipinski definition) is 1. The van der Waals surface area contributed by atoms with Crippen molar-refractivity contribution in [2.45, 2.75) is 12.8 Å². The largest absolute Gasteiger partial charge is 0.469 e. The molecule has 0 aliphatic rings. The van der Waals surface area contributed by atoms with Crippen LogP contribution in [0.2, 0.25) is 0 Å². The summed E-state index contributed by atoms with van der Waals surface area (Å²) in [6, 6.07) is 2.83. The molecule has 0 aromatic carbocycles. The third-order valence-electron chi connectivity index (χ3n) is 2.58. The van der Waals surface area contributed by atoms with Crippen molar-refractivity contribution in [2.75, 3.05) is 31.3 Å². The molecule has 0 atom stereocenters. The van der Waals surface area contributed by atoms with Crippen molar-refractivity contribution in [1.29, 1.82) is 0 Å². The number of nitrogen functional groups attached to an aromatic ring is 1. The summed E-state index contributed by atoms with van der Waals surface area (Å²) in [6.45, 7) is 0.569. The second kappa shape index (κ2) is 6.53. The van der Waals surface area contributed by atoms with Gasteiger partial charge in [-0.25, -0.2) is 4.98 Å². The first-order chi connectivity index (χ1) is 8.95. The fourth-order valence-corrected chi connectivity index (χ4v) is 1.50. The summed E-state index contributed by atoms with van der Waals surface area (Å²) in [5, 5.41) is 10.6. The smallest absolute Gasteiger partial charge is 0.311 e. The Bertz CT molecular complexity index is 478. The van der Waals surface area contributed by atoms with E-state index >= 15 is 0 Å². The van der Waals surface area contributed by atoms with Crippen LogP contribution in [0.1, 0.15) is 12.8 Å². The Morgan fingerprint density at radius 3 is 2.79 bits per heavy atom. The van der Waals surface area contributed by atoms with Crippen LogP contribution in [-0.4, -0.2) is 36.6 Å². The number of carbonyl (C=O) groups is 1. The number of hydrogen-bond acceptors (Lipinski definition) is 7. The first-order valence-electron chi connectivity index (χ1n) is 5.64. The number of aromatic nitrogens is 1. The molecular weight excluding hydrogens is 252 g/mol. The van der Waals surface area contributed by atoms with Gasteiger partial charge in [0, 0.05) is 26.1 Å². The van der Waals surface area contributed by atoms with Gasteiger partial charge in [0.15, 0.2) is 0 Å². The molecule has 2 N–H and O–H groups in total. The molecule has 19 heavy (non-hydrogen) atoms. The summed E-state index contributed by atoms with van der Waals surface area (Å²) in [5.41, 5.74) is 5.29. The van der Waals surface area contributed by atoms with Gasteiger partial charge in [-0.1, -0.05) is 0 Å². The lowest BCUT2D eigenvalue weighted by Crippen LogP contribution is -2.21. The first-order valence-corrected chi connectivity index (χ1v) is 5.64. The van der Waals surface area contributed by atoms with Crippen molar-refractivity contribution in [3.63, 3.8) is 0 Å². The van der Waals surface area contributed by atoms with Gasteiger partial charge in [-0.05, 0) is 12.5 Å². The minimum absolute atomic E-state index is 0.123. The lowest BCUT2D eigenvalue weighted by molar-refractivity contribution is -0.384. The van der Waals surface area contributed by atoms with Gasteiger partial charge in [-0.15, -0.1) is 0 Å². The highest BCUT2D eigenvalue weighted by molar-refractivity contribution is 5.69. The molecule has 0 aliphatic carbocycles. The van der Waals surface area contributed by atoms with Crippen LogP contribution >= 0.6 is 0 Å². The minimum atomic E-state index is -0.580. The predicted octanol–water partition coefficient (Wildman–Crippen LogP) is 0.961. The third-order valence-corrected chi connectivity index (χ3v) is 2.58. The number of ether oxygens (including phenoxy) is 1. The molecule has 1 aromatic heterocycles. The van der Waals surface area contributed by atoms with Crippen molar-refractivity contribution < 1.29 is 14.5 Å². The number of nitro groups is 1. The molecule has 8 heteroatoms. The Balaban J connectivity index is 2.62. The number of pyridine rings is 1. The van der Waals surface area contributed by atoms with Crippen molar-refractivity contribution in [3.8, 4) is 0 Å². The molecule has 1 heterocycles. The van der Waals surface area contributed by atoms with Crippen molar-refractivity contribution in [3.05, 3.63) is 22.2 Å². The predicted molar refractivity (Wildman–Crippen MR) is 69.8 cm³/mol. The average Bonchev–Trinajstić information content (AvgIpc) is 2.37. The van der Waals surface area contributed by atoms with E-state index < -0.39 is 4.92 Å². The molecule has 8 nitrogen and oxygen atoms in total. The Hall–Kier alpha value is -2.38. The van der Waals surface area contributed by atoms with E-state index in [1.165, 1.54) is 19.2 Å². The highest BCUT2D eigenvalue weighted by atomic mass is 16.6. The molecule has 0 amide bonds. The van der Waals surface area contributed by atoms with Crippen LogP contribution in [0.25, 0.3) is 0 Å². The van der Waals surface area contributed by atoms with E-state index in [1.54, 1.807) is 11.9 Å². The summed E-state index contributed by atoms with van der Waals surface area (Å²) in [6.07, 6.45) is 0.908. The topological polar surface area (TPSA) is 112 Å². The summed E-state index contributed by atoms with van der Waals surface area (Å²) >= 11 is 0. The molecule has 1 rings (SSSR count). The van der Waals surface area contributed by atoms with Gasteiger partial charge < -0.3 is 15.4 Å². The van der Waals surface area contributed by atoms with Gasteiger partial charge >= 0.3 is 11.7 Å². The molecule has 0 saturated heterocycles. The van der Waals surface area contributed by atoms with Crippen LogP contribution in [0.4, 0.5) is 17.3 Å². The Morgan fingerprint density at radius 1 is 1.58 bits per heavy atom. The number of rotatable bonds is 6. The Morgan fingerprint density at radius 2 is 2.26 bits per heavy atom. The van der Waals surface area contributed by atoms with E-state index in [0.29, 0.717) is 25.2 Å². The molecule has 104 valence electrons. The summed E-state index contributed by atoms with van der Waals surface area (Å²) in [7, 11) is 3.11. The van der Waals surface area contributed by atoms with Crippen LogP contribution in [-0.2, 0) is 9.53 Å². The number of esters is 1. The van der Waals surface area contributed by atoms with Gasteiger partial charge in [0.1, 0.15) is 5.82 Å². The zero-order valence-corrected chi connectivity index (χ0v) is 10.8. The van der Waals surface area contributed by atoms with E-state index in [0.717, 1.165) is 0 Å². The SMILES string of the molecule is COC(=O)CCCN(C)c1ccc([N+](=O)[O-])c(N)n1. The first kappa shape index (κ1) is 14.7. The van der Waals surface area contributed by atoms with Crippen LogP contribution in [0.3, 0.4) is 0 Å². The van der Waals surface area contributed by atoms with E-state index in [4.69, 9.17) is 5.73 Å². The van der Waals surface area contributed by atoms with Crippen molar-refractivity contribution in [1.82, 2.24) is 4.98 Å². The summed E-state index contributed by atoms with van der Waals surface area (Å²) in [4.78, 5) is 26.7.